The molecule has 0 spiro atoms. The highest BCUT2D eigenvalue weighted by Crippen LogP contribution is 2.17. The topological polar surface area (TPSA) is 69.9 Å². The largest absolute Gasteiger partial charge is 0.469 e. The molecule has 0 fully saturated rings. The Labute approximate surface area is 115 Å². The van der Waals surface area contributed by atoms with Gasteiger partial charge in [0.25, 0.3) is 0 Å². The van der Waals surface area contributed by atoms with E-state index < -0.39 is 0 Å². The summed E-state index contributed by atoms with van der Waals surface area (Å²) < 4.78 is 6.31. The molecule has 7 heteroatoms. The monoisotopic (exact) mass is 280 g/mol. The van der Waals surface area contributed by atoms with Crippen LogP contribution in [0.5, 0.6) is 0 Å². The number of aromatic nitrogens is 4. The maximum absolute atomic E-state index is 11.4. The van der Waals surface area contributed by atoms with Crippen molar-refractivity contribution < 1.29 is 9.53 Å². The molecule has 0 amide bonds. The first kappa shape index (κ1) is 13.5. The molecule has 2 heterocycles. The number of methoxy groups -OCH3 is 1. The summed E-state index contributed by atoms with van der Waals surface area (Å²) in [5.74, 6) is 0.258. The molecule has 0 N–H and O–H groups in total. The van der Waals surface area contributed by atoms with E-state index in [1.54, 1.807) is 16.8 Å². The second-order valence-electron chi connectivity index (χ2n) is 4.03. The average Bonchev–Trinajstić information content (AvgIpc) is 2.67. The first-order valence-corrected chi connectivity index (χ1v) is 6.02. The molecule has 6 nitrogen and oxygen atoms in total. The molecule has 100 valence electrons. The zero-order valence-corrected chi connectivity index (χ0v) is 11.6. The molecular weight excluding hydrogens is 268 g/mol. The lowest BCUT2D eigenvalue weighted by Crippen LogP contribution is -2.07. The molecule has 2 aromatic rings. The van der Waals surface area contributed by atoms with Crippen LogP contribution in [-0.2, 0) is 16.0 Å². The molecule has 0 aliphatic heterocycles. The predicted octanol–water partition coefficient (Wildman–Crippen LogP) is 1.65. The van der Waals surface area contributed by atoms with Gasteiger partial charge in [0.05, 0.1) is 19.2 Å². The van der Waals surface area contributed by atoms with E-state index in [2.05, 4.69) is 20.0 Å². The fourth-order valence-corrected chi connectivity index (χ4v) is 1.89. The Hall–Kier alpha value is -1.95. The number of halogens is 1. The summed E-state index contributed by atoms with van der Waals surface area (Å²) in [6.07, 6.45) is 0.190. The van der Waals surface area contributed by atoms with Crippen molar-refractivity contribution in [1.29, 1.82) is 0 Å². The summed E-state index contributed by atoms with van der Waals surface area (Å²) in [5, 5.41) is 12.4. The van der Waals surface area contributed by atoms with E-state index in [0.717, 1.165) is 17.0 Å². The van der Waals surface area contributed by atoms with Gasteiger partial charge in [-0.15, -0.1) is 10.2 Å². The fourth-order valence-electron chi connectivity index (χ4n) is 1.79. The lowest BCUT2D eigenvalue weighted by atomic mass is 10.1. The Balaban J connectivity index is 2.40. The molecule has 0 unspecified atom stereocenters. The number of hydrogen-bond acceptors (Lipinski definition) is 5. The third-order valence-electron chi connectivity index (χ3n) is 2.82. The van der Waals surface area contributed by atoms with Crippen molar-refractivity contribution in [2.24, 2.45) is 0 Å². The van der Waals surface area contributed by atoms with Crippen LogP contribution < -0.4 is 0 Å². The van der Waals surface area contributed by atoms with Crippen molar-refractivity contribution in [3.05, 3.63) is 34.2 Å². The van der Waals surface area contributed by atoms with Crippen LogP contribution in [0.4, 0.5) is 0 Å². The summed E-state index contributed by atoms with van der Waals surface area (Å²) in [6.45, 7) is 3.71. The molecule has 0 aliphatic carbocycles. The number of aryl methyl sites for hydroxylation is 1. The van der Waals surface area contributed by atoms with Gasteiger partial charge in [0, 0.05) is 11.3 Å². The van der Waals surface area contributed by atoms with Gasteiger partial charge in [-0.05, 0) is 26.0 Å². The second kappa shape index (κ2) is 5.36. The molecular formula is C12H13ClN4O2. The predicted molar refractivity (Wildman–Crippen MR) is 69.4 cm³/mol. The van der Waals surface area contributed by atoms with E-state index in [4.69, 9.17) is 11.6 Å². The van der Waals surface area contributed by atoms with Gasteiger partial charge in [-0.2, -0.15) is 5.10 Å². The van der Waals surface area contributed by atoms with Crippen LogP contribution in [0.3, 0.4) is 0 Å². The van der Waals surface area contributed by atoms with Gasteiger partial charge in [-0.25, -0.2) is 4.68 Å². The number of carbonyl (C=O) groups excluding carboxylic acids is 1. The number of rotatable bonds is 3. The molecule has 0 radical (unpaired) electrons. The molecule has 0 aliphatic rings. The van der Waals surface area contributed by atoms with Crippen LogP contribution in [0, 0.1) is 13.8 Å². The SMILES string of the molecule is COC(=O)Cc1c(C)nn(-c2ccc(Cl)nn2)c1C. The van der Waals surface area contributed by atoms with Gasteiger partial charge in [-0.3, -0.25) is 4.79 Å². The number of ether oxygens (including phenoxy) is 1. The van der Waals surface area contributed by atoms with E-state index in [1.807, 2.05) is 13.8 Å². The Morgan fingerprint density at radius 1 is 1.37 bits per heavy atom. The average molecular weight is 281 g/mol. The van der Waals surface area contributed by atoms with Gasteiger partial charge in [0.15, 0.2) is 11.0 Å². The zero-order valence-electron chi connectivity index (χ0n) is 10.8. The summed E-state index contributed by atoms with van der Waals surface area (Å²) in [7, 11) is 1.36. The van der Waals surface area contributed by atoms with Crippen molar-refractivity contribution in [2.45, 2.75) is 20.3 Å². The van der Waals surface area contributed by atoms with Gasteiger partial charge in [0.1, 0.15) is 0 Å². The maximum Gasteiger partial charge on any atom is 0.310 e. The maximum atomic E-state index is 11.4. The highest BCUT2D eigenvalue weighted by Gasteiger charge is 2.16. The van der Waals surface area contributed by atoms with E-state index in [-0.39, 0.29) is 12.4 Å². The first-order chi connectivity index (χ1) is 9.02. The standard InChI is InChI=1S/C12H13ClN4O2/c1-7-9(6-12(18)19-3)8(2)17(16-7)11-5-4-10(13)14-15-11/h4-5H,6H2,1-3H3. The number of esters is 1. The summed E-state index contributed by atoms with van der Waals surface area (Å²) in [4.78, 5) is 11.4. The van der Waals surface area contributed by atoms with Gasteiger partial charge in [-0.1, -0.05) is 11.6 Å². The van der Waals surface area contributed by atoms with Crippen molar-refractivity contribution in [2.75, 3.05) is 7.11 Å². The van der Waals surface area contributed by atoms with E-state index in [9.17, 15) is 4.79 Å². The lowest BCUT2D eigenvalue weighted by Gasteiger charge is -2.03. The van der Waals surface area contributed by atoms with E-state index in [0.29, 0.717) is 11.0 Å². The molecule has 0 bridgehead atoms. The van der Waals surface area contributed by atoms with Crippen molar-refractivity contribution in [3.8, 4) is 5.82 Å². The van der Waals surface area contributed by atoms with Crippen molar-refractivity contribution in [1.82, 2.24) is 20.0 Å². The van der Waals surface area contributed by atoms with Crippen LogP contribution in [0.15, 0.2) is 12.1 Å². The van der Waals surface area contributed by atoms with E-state index >= 15 is 0 Å². The molecule has 0 saturated carbocycles. The third-order valence-corrected chi connectivity index (χ3v) is 3.03. The van der Waals surface area contributed by atoms with Gasteiger partial charge in [0.2, 0.25) is 0 Å². The minimum atomic E-state index is -0.298. The Kier molecular flexibility index (Phi) is 3.80. The normalized spacial score (nSPS) is 10.5. The molecule has 19 heavy (non-hydrogen) atoms. The molecule has 0 atom stereocenters. The highest BCUT2D eigenvalue weighted by atomic mass is 35.5. The summed E-state index contributed by atoms with van der Waals surface area (Å²) in [6, 6.07) is 3.36. The fraction of sp³-hybridized carbons (Fsp3) is 0.333. The van der Waals surface area contributed by atoms with E-state index in [1.165, 1.54) is 7.11 Å². The number of hydrogen-bond donors (Lipinski definition) is 0. The Bertz CT molecular complexity index is 607. The van der Waals surface area contributed by atoms with Crippen molar-refractivity contribution in [3.63, 3.8) is 0 Å². The highest BCUT2D eigenvalue weighted by molar-refractivity contribution is 6.29. The minimum absolute atomic E-state index is 0.190. The van der Waals surface area contributed by atoms with Gasteiger partial charge < -0.3 is 4.74 Å². The first-order valence-electron chi connectivity index (χ1n) is 5.64. The van der Waals surface area contributed by atoms with Crippen LogP contribution >= 0.6 is 11.6 Å². The van der Waals surface area contributed by atoms with Crippen LogP contribution in [-0.4, -0.2) is 33.1 Å². The lowest BCUT2D eigenvalue weighted by molar-refractivity contribution is -0.139. The van der Waals surface area contributed by atoms with Gasteiger partial charge >= 0.3 is 5.97 Å². The molecule has 0 saturated heterocycles. The molecule has 2 rings (SSSR count). The van der Waals surface area contributed by atoms with Crippen molar-refractivity contribution >= 4 is 17.6 Å². The smallest absolute Gasteiger partial charge is 0.310 e. The van der Waals surface area contributed by atoms with Crippen LogP contribution in [0.25, 0.3) is 5.82 Å². The number of carbonyl (C=O) groups is 1. The molecule has 2 aromatic heterocycles. The minimum Gasteiger partial charge on any atom is -0.469 e. The quantitative estimate of drug-likeness (QED) is 0.800. The molecule has 0 aromatic carbocycles. The van der Waals surface area contributed by atoms with Crippen LogP contribution in [0.2, 0.25) is 5.15 Å². The summed E-state index contributed by atoms with van der Waals surface area (Å²) >= 11 is 5.70. The second-order valence-corrected chi connectivity index (χ2v) is 4.42. The Morgan fingerprint density at radius 2 is 2.11 bits per heavy atom. The van der Waals surface area contributed by atoms with Crippen LogP contribution in [0.1, 0.15) is 17.0 Å². The zero-order chi connectivity index (χ0) is 14.0. The third kappa shape index (κ3) is 2.73. The number of nitrogens with zero attached hydrogens (tertiary/aromatic N) is 4. The summed E-state index contributed by atoms with van der Waals surface area (Å²) in [5.41, 5.74) is 2.43. The Morgan fingerprint density at radius 3 is 2.68 bits per heavy atom.